The summed E-state index contributed by atoms with van der Waals surface area (Å²) in [6.07, 6.45) is -10.7. The third-order valence-electron chi connectivity index (χ3n) is 13.8. The molecule has 4 N–H and O–H groups in total. The monoisotopic (exact) mass is 883 g/mol. The van der Waals surface area contributed by atoms with Crippen LogP contribution in [-0.2, 0) is 42.9 Å². The molecule has 1 heterocycles. The first-order valence-corrected chi connectivity index (χ1v) is 21.0. The molecule has 0 radical (unpaired) electrons. The summed E-state index contributed by atoms with van der Waals surface area (Å²) in [5.74, 6) is -6.47. The fourth-order valence-corrected chi connectivity index (χ4v) is 10.3. The van der Waals surface area contributed by atoms with Crippen LogP contribution in [0.1, 0.15) is 86.7 Å². The van der Waals surface area contributed by atoms with Crippen LogP contribution < -0.4 is 10.1 Å². The van der Waals surface area contributed by atoms with Crippen molar-refractivity contribution in [2.45, 2.75) is 108 Å². The number of methoxy groups -OCH3 is 1. The normalized spacial score (nSPS) is 31.2. The van der Waals surface area contributed by atoms with E-state index in [9.17, 15) is 39.3 Å². The molecular formula is C48H53NO15. The maximum atomic E-state index is 15.5. The van der Waals surface area contributed by atoms with Gasteiger partial charge in [-0.2, -0.15) is 0 Å². The Bertz CT molecular complexity index is 2350. The Labute approximate surface area is 369 Å². The van der Waals surface area contributed by atoms with E-state index in [0.29, 0.717) is 11.3 Å². The lowest BCUT2D eigenvalue weighted by Crippen LogP contribution is -2.82. The van der Waals surface area contributed by atoms with Crippen LogP contribution in [0, 0.1) is 16.7 Å². The number of hydrogen-bond donors (Lipinski definition) is 4. The molecule has 0 spiro atoms. The number of amides is 1. The summed E-state index contributed by atoms with van der Waals surface area (Å²) in [6, 6.07) is 20.8. The van der Waals surface area contributed by atoms with Crippen molar-refractivity contribution in [3.05, 3.63) is 113 Å². The second kappa shape index (κ2) is 17.2. The van der Waals surface area contributed by atoms with Crippen molar-refractivity contribution < 1.29 is 72.5 Å². The molecule has 7 rings (SSSR count). The van der Waals surface area contributed by atoms with Gasteiger partial charge in [0.05, 0.1) is 42.8 Å². The van der Waals surface area contributed by atoms with Gasteiger partial charge in [-0.1, -0.05) is 62.4 Å². The molecule has 3 aromatic carbocycles. The predicted molar refractivity (Wildman–Crippen MR) is 224 cm³/mol. The van der Waals surface area contributed by atoms with Gasteiger partial charge in [0.15, 0.2) is 23.6 Å². The van der Waals surface area contributed by atoms with E-state index in [1.54, 1.807) is 86.6 Å². The molecule has 64 heavy (non-hydrogen) atoms. The van der Waals surface area contributed by atoms with Crippen LogP contribution in [-0.4, -0.2) is 112 Å². The van der Waals surface area contributed by atoms with Gasteiger partial charge in [-0.15, -0.1) is 0 Å². The van der Waals surface area contributed by atoms with E-state index in [0.717, 1.165) is 13.8 Å². The lowest BCUT2D eigenvalue weighted by Gasteiger charge is -2.67. The van der Waals surface area contributed by atoms with E-state index in [-0.39, 0.29) is 35.3 Å². The quantitative estimate of drug-likeness (QED) is 0.122. The highest BCUT2D eigenvalue weighted by Crippen LogP contribution is 2.64. The molecule has 1 amide bonds. The van der Waals surface area contributed by atoms with E-state index in [1.807, 2.05) is 0 Å². The zero-order valence-electron chi connectivity index (χ0n) is 36.6. The molecule has 0 unspecified atom stereocenters. The molecule has 1 saturated heterocycles. The number of esters is 4. The fraction of sp³-hybridized carbons (Fsp3) is 0.458. The van der Waals surface area contributed by atoms with Crippen molar-refractivity contribution in [3.63, 3.8) is 0 Å². The minimum atomic E-state index is -2.41. The van der Waals surface area contributed by atoms with Gasteiger partial charge in [0.25, 0.3) is 5.91 Å². The molecule has 2 bridgehead atoms. The number of fused-ring (bicyclic) bond motifs is 5. The van der Waals surface area contributed by atoms with Crippen LogP contribution in [0.3, 0.4) is 0 Å². The number of aliphatic hydroxyl groups excluding tert-OH is 2. The SMILES string of the molecule is COc1ccc([C@@H](NC(=O)c2ccccc2)[C@@H](O)C(=O)O[C@H]2C[C@@]3(O)[C@@H](OC(=O)c4ccccc4)[C@@H]4[C@]5(OC(C)=O)CO[C@@H]5C[C@H](O)[C@@]4(C)C(=O)[C@H](OC(C)=O)C(=C2C)C3(C)C)cc1. The van der Waals surface area contributed by atoms with Crippen molar-refractivity contribution in [1.82, 2.24) is 5.32 Å². The topological polar surface area (TPSA) is 231 Å². The van der Waals surface area contributed by atoms with Gasteiger partial charge in [-0.3, -0.25) is 19.2 Å². The fourth-order valence-electron chi connectivity index (χ4n) is 10.3. The third-order valence-corrected chi connectivity index (χ3v) is 13.8. The molecule has 11 atom stereocenters. The van der Waals surface area contributed by atoms with Crippen LogP contribution in [0.2, 0.25) is 0 Å². The number of carbonyl (C=O) groups excluding carboxylic acids is 6. The largest absolute Gasteiger partial charge is 0.497 e. The Kier molecular flexibility index (Phi) is 12.4. The first-order valence-electron chi connectivity index (χ1n) is 21.0. The van der Waals surface area contributed by atoms with Crippen molar-refractivity contribution in [2.75, 3.05) is 13.7 Å². The molecule has 16 heteroatoms. The van der Waals surface area contributed by atoms with Crippen LogP contribution in [0.5, 0.6) is 5.75 Å². The van der Waals surface area contributed by atoms with Crippen LogP contribution in [0.15, 0.2) is 96.1 Å². The Balaban J connectivity index is 1.38. The zero-order valence-corrected chi connectivity index (χ0v) is 36.6. The molecule has 0 aromatic heterocycles. The average molecular weight is 884 g/mol. The summed E-state index contributed by atoms with van der Waals surface area (Å²) in [5.41, 5.74) is -7.19. The smallest absolute Gasteiger partial charge is 0.338 e. The maximum Gasteiger partial charge on any atom is 0.338 e. The van der Waals surface area contributed by atoms with E-state index in [1.165, 1.54) is 33.1 Å². The van der Waals surface area contributed by atoms with E-state index in [4.69, 9.17) is 28.4 Å². The molecule has 1 aliphatic heterocycles. The Morgan fingerprint density at radius 1 is 0.844 bits per heavy atom. The molecule has 4 aliphatic rings. The highest BCUT2D eigenvalue weighted by atomic mass is 16.6. The summed E-state index contributed by atoms with van der Waals surface area (Å²) < 4.78 is 35.6. The number of ether oxygens (including phenoxy) is 6. The standard InChI is InChI=1S/C48H53NO15/c1-25-32(62-44(57)37(53)36(28-18-20-31(59-7)21-19-28)49-42(55)29-14-10-8-11-15-29)23-48(58)41(63-43(56)30-16-12-9-13-17-30)39-46(6,33(52)22-34-47(39,24-60-34)64-27(3)51)40(54)38(61-26(2)50)35(25)45(48,4)5/h8-21,32-34,36-39,41,52-53,58H,22-24H2,1-7H3,(H,49,55)/t32-,33-,34+,36+,37+,38+,39-,41-,46+,47-,48+/m0/s1. The number of hydrogen-bond acceptors (Lipinski definition) is 15. The highest BCUT2D eigenvalue weighted by Gasteiger charge is 2.78. The van der Waals surface area contributed by atoms with Crippen molar-refractivity contribution >= 4 is 35.6 Å². The van der Waals surface area contributed by atoms with Crippen LogP contribution >= 0.6 is 0 Å². The lowest BCUT2D eigenvalue weighted by atomic mass is 9.44. The van der Waals surface area contributed by atoms with Gasteiger partial charge in [-0.25, -0.2) is 9.59 Å². The Hall–Kier alpha value is -5.94. The minimum absolute atomic E-state index is 0.0148. The molecule has 2 saturated carbocycles. The number of carbonyl (C=O) groups is 6. The Morgan fingerprint density at radius 3 is 2.00 bits per heavy atom. The van der Waals surface area contributed by atoms with Gasteiger partial charge in [0.2, 0.25) is 0 Å². The number of Topliss-reactive ketones (excluding diaryl/α,β-unsaturated/α-hetero) is 1. The second-order valence-electron chi connectivity index (χ2n) is 17.7. The number of aliphatic hydroxyl groups is 3. The number of rotatable bonds is 11. The number of ketones is 1. The van der Waals surface area contributed by atoms with Gasteiger partial charge >= 0.3 is 23.9 Å². The average Bonchev–Trinajstić information content (AvgIpc) is 3.26. The molecule has 3 aromatic rings. The summed E-state index contributed by atoms with van der Waals surface area (Å²) in [6.45, 7) is 7.94. The summed E-state index contributed by atoms with van der Waals surface area (Å²) >= 11 is 0. The molecule has 340 valence electrons. The highest BCUT2D eigenvalue weighted by molar-refractivity contribution is 5.96. The molecule has 16 nitrogen and oxygen atoms in total. The van der Waals surface area contributed by atoms with Crippen molar-refractivity contribution in [1.29, 1.82) is 0 Å². The number of nitrogens with one attached hydrogen (secondary N) is 1. The zero-order chi connectivity index (χ0) is 46.5. The summed E-state index contributed by atoms with van der Waals surface area (Å²) in [7, 11) is 1.46. The first-order chi connectivity index (χ1) is 30.2. The van der Waals surface area contributed by atoms with Gasteiger partial charge in [0, 0.05) is 37.7 Å². The molecule has 3 aliphatic carbocycles. The third kappa shape index (κ3) is 7.65. The summed E-state index contributed by atoms with van der Waals surface area (Å²) in [4.78, 5) is 83.8. The summed E-state index contributed by atoms with van der Waals surface area (Å²) in [5, 5.41) is 40.4. The Morgan fingerprint density at radius 2 is 1.45 bits per heavy atom. The predicted octanol–water partition coefficient (Wildman–Crippen LogP) is 3.74. The van der Waals surface area contributed by atoms with E-state index in [2.05, 4.69) is 5.32 Å². The second-order valence-corrected chi connectivity index (χ2v) is 17.7. The van der Waals surface area contributed by atoms with Crippen molar-refractivity contribution in [3.8, 4) is 5.75 Å². The van der Waals surface area contributed by atoms with Crippen LogP contribution in [0.25, 0.3) is 0 Å². The van der Waals surface area contributed by atoms with Gasteiger partial charge in [0.1, 0.15) is 29.7 Å². The van der Waals surface area contributed by atoms with Gasteiger partial charge < -0.3 is 49.1 Å². The first kappa shape index (κ1) is 46.1. The number of benzene rings is 3. The van der Waals surface area contributed by atoms with Crippen molar-refractivity contribution in [2.24, 2.45) is 16.7 Å². The van der Waals surface area contributed by atoms with Crippen LogP contribution in [0.4, 0.5) is 0 Å². The van der Waals surface area contributed by atoms with Gasteiger partial charge in [-0.05, 0) is 67.0 Å². The minimum Gasteiger partial charge on any atom is -0.497 e. The van der Waals surface area contributed by atoms with E-state index < -0.39 is 113 Å². The van der Waals surface area contributed by atoms with E-state index >= 15 is 4.79 Å². The molecular weight excluding hydrogens is 831 g/mol. The molecule has 3 fully saturated rings. The lowest BCUT2D eigenvalue weighted by molar-refractivity contribution is -0.346. The maximum absolute atomic E-state index is 15.5.